The van der Waals surface area contributed by atoms with Gasteiger partial charge in [-0.3, -0.25) is 0 Å². The van der Waals surface area contributed by atoms with E-state index in [-0.39, 0.29) is 6.10 Å². The van der Waals surface area contributed by atoms with E-state index in [1.165, 1.54) is 32.1 Å². The van der Waals surface area contributed by atoms with Crippen molar-refractivity contribution < 1.29 is 9.84 Å². The Hall–Kier alpha value is -0.0800. The zero-order chi connectivity index (χ0) is 10.3. The third-order valence-corrected chi connectivity index (χ3v) is 4.80. The standard InChI is InChI=1S/C13H22O2/c14-13(9-4-3-7-15-8-9)12-10-5-1-2-6-11(10)12/h9-14H,1-8H2. The van der Waals surface area contributed by atoms with Crippen molar-refractivity contribution in [2.24, 2.45) is 23.7 Å². The Labute approximate surface area is 92.0 Å². The van der Waals surface area contributed by atoms with Gasteiger partial charge in [0.1, 0.15) is 0 Å². The highest BCUT2D eigenvalue weighted by Crippen LogP contribution is 2.58. The van der Waals surface area contributed by atoms with E-state index >= 15 is 0 Å². The third kappa shape index (κ3) is 1.83. The molecule has 4 unspecified atom stereocenters. The number of rotatable bonds is 2. The van der Waals surface area contributed by atoms with Gasteiger partial charge in [0.25, 0.3) is 0 Å². The average molecular weight is 210 g/mol. The summed E-state index contributed by atoms with van der Waals surface area (Å²) < 4.78 is 5.47. The molecule has 2 saturated carbocycles. The van der Waals surface area contributed by atoms with Gasteiger partial charge in [-0.2, -0.15) is 0 Å². The lowest BCUT2D eigenvalue weighted by Gasteiger charge is -2.27. The first-order chi connectivity index (χ1) is 7.38. The second-order valence-corrected chi connectivity index (χ2v) is 5.66. The molecule has 0 aromatic rings. The van der Waals surface area contributed by atoms with E-state index < -0.39 is 0 Å². The smallest absolute Gasteiger partial charge is 0.0624 e. The highest BCUT2D eigenvalue weighted by atomic mass is 16.5. The Balaban J connectivity index is 1.58. The van der Waals surface area contributed by atoms with Gasteiger partial charge in [-0.25, -0.2) is 0 Å². The molecule has 3 aliphatic rings. The van der Waals surface area contributed by atoms with Crippen LogP contribution >= 0.6 is 0 Å². The van der Waals surface area contributed by atoms with Gasteiger partial charge in [0.15, 0.2) is 0 Å². The van der Waals surface area contributed by atoms with Crippen LogP contribution in [0.1, 0.15) is 38.5 Å². The molecule has 1 N–H and O–H groups in total. The van der Waals surface area contributed by atoms with Crippen LogP contribution in [0.25, 0.3) is 0 Å². The van der Waals surface area contributed by atoms with Crippen LogP contribution in [-0.4, -0.2) is 24.4 Å². The Morgan fingerprint density at radius 1 is 1.00 bits per heavy atom. The van der Waals surface area contributed by atoms with Crippen LogP contribution in [0.3, 0.4) is 0 Å². The fourth-order valence-corrected chi connectivity index (χ4v) is 3.90. The summed E-state index contributed by atoms with van der Waals surface area (Å²) in [6.07, 6.45) is 7.80. The highest BCUT2D eigenvalue weighted by Gasteiger charge is 2.55. The molecule has 2 heteroatoms. The SMILES string of the molecule is OC(C1CCCOC1)C1C2CCCCC21. The molecule has 0 aromatic carbocycles. The molecule has 1 aliphatic heterocycles. The van der Waals surface area contributed by atoms with Gasteiger partial charge in [0.2, 0.25) is 0 Å². The zero-order valence-corrected chi connectivity index (χ0v) is 9.40. The highest BCUT2D eigenvalue weighted by molar-refractivity contribution is 5.03. The molecule has 15 heavy (non-hydrogen) atoms. The molecule has 0 amide bonds. The van der Waals surface area contributed by atoms with E-state index in [0.717, 1.165) is 31.5 Å². The first-order valence-corrected chi connectivity index (χ1v) is 6.64. The van der Waals surface area contributed by atoms with Gasteiger partial charge in [0, 0.05) is 12.5 Å². The summed E-state index contributed by atoms with van der Waals surface area (Å²) >= 11 is 0. The Bertz CT molecular complexity index is 211. The van der Waals surface area contributed by atoms with Crippen molar-refractivity contribution in [3.63, 3.8) is 0 Å². The summed E-state index contributed by atoms with van der Waals surface area (Å²) in [6.45, 7) is 1.71. The first kappa shape index (κ1) is 10.1. The molecule has 0 aromatic heterocycles. The molecule has 3 fully saturated rings. The van der Waals surface area contributed by atoms with Crippen molar-refractivity contribution in [3.8, 4) is 0 Å². The van der Waals surface area contributed by atoms with E-state index in [9.17, 15) is 5.11 Å². The predicted octanol–water partition coefficient (Wildman–Crippen LogP) is 2.21. The van der Waals surface area contributed by atoms with Gasteiger partial charge < -0.3 is 9.84 Å². The number of fused-ring (bicyclic) bond motifs is 1. The Morgan fingerprint density at radius 2 is 1.73 bits per heavy atom. The lowest BCUT2D eigenvalue weighted by Crippen LogP contribution is -2.31. The van der Waals surface area contributed by atoms with Gasteiger partial charge >= 0.3 is 0 Å². The number of hydrogen-bond donors (Lipinski definition) is 1. The summed E-state index contributed by atoms with van der Waals surface area (Å²) in [6, 6.07) is 0. The van der Waals surface area contributed by atoms with Crippen LogP contribution < -0.4 is 0 Å². The molecule has 2 nitrogen and oxygen atoms in total. The van der Waals surface area contributed by atoms with Crippen LogP contribution in [-0.2, 0) is 4.74 Å². The summed E-state index contributed by atoms with van der Waals surface area (Å²) in [7, 11) is 0. The summed E-state index contributed by atoms with van der Waals surface area (Å²) in [5.74, 6) is 2.82. The van der Waals surface area contributed by atoms with Crippen LogP contribution in [0, 0.1) is 23.7 Å². The fourth-order valence-electron chi connectivity index (χ4n) is 3.90. The second-order valence-electron chi connectivity index (χ2n) is 5.66. The maximum absolute atomic E-state index is 10.4. The molecule has 2 aliphatic carbocycles. The topological polar surface area (TPSA) is 29.5 Å². The van der Waals surface area contributed by atoms with Crippen molar-refractivity contribution in [1.29, 1.82) is 0 Å². The van der Waals surface area contributed by atoms with Crippen molar-refractivity contribution >= 4 is 0 Å². The monoisotopic (exact) mass is 210 g/mol. The van der Waals surface area contributed by atoms with E-state index in [2.05, 4.69) is 0 Å². The summed E-state index contributed by atoms with van der Waals surface area (Å²) in [4.78, 5) is 0. The Kier molecular flexibility index (Phi) is 2.73. The lowest BCUT2D eigenvalue weighted by molar-refractivity contribution is -0.0209. The summed E-state index contributed by atoms with van der Waals surface area (Å²) in [5, 5.41) is 10.4. The van der Waals surface area contributed by atoms with Crippen molar-refractivity contribution in [2.75, 3.05) is 13.2 Å². The maximum atomic E-state index is 10.4. The molecule has 1 heterocycles. The normalized spacial score (nSPS) is 47.0. The van der Waals surface area contributed by atoms with Crippen molar-refractivity contribution in [1.82, 2.24) is 0 Å². The third-order valence-electron chi connectivity index (χ3n) is 4.80. The molecule has 0 spiro atoms. The molecule has 1 saturated heterocycles. The molecule has 86 valence electrons. The molecule has 3 rings (SSSR count). The minimum atomic E-state index is -0.0570. The minimum Gasteiger partial charge on any atom is -0.392 e. The predicted molar refractivity (Wildman–Crippen MR) is 58.5 cm³/mol. The molecule has 4 atom stereocenters. The summed E-state index contributed by atoms with van der Waals surface area (Å²) in [5.41, 5.74) is 0. The Morgan fingerprint density at radius 3 is 2.33 bits per heavy atom. The molecular weight excluding hydrogens is 188 g/mol. The average Bonchev–Trinajstić information content (AvgIpc) is 3.03. The van der Waals surface area contributed by atoms with Gasteiger partial charge in [-0.05, 0) is 43.4 Å². The second kappa shape index (κ2) is 4.06. The van der Waals surface area contributed by atoms with Crippen LogP contribution in [0.15, 0.2) is 0 Å². The van der Waals surface area contributed by atoms with Crippen LogP contribution in [0.2, 0.25) is 0 Å². The quantitative estimate of drug-likeness (QED) is 0.757. The molecule has 0 bridgehead atoms. The van der Waals surface area contributed by atoms with Crippen molar-refractivity contribution in [2.45, 2.75) is 44.6 Å². The first-order valence-electron chi connectivity index (χ1n) is 6.64. The fraction of sp³-hybridized carbons (Fsp3) is 1.00. The zero-order valence-electron chi connectivity index (χ0n) is 9.40. The van der Waals surface area contributed by atoms with Gasteiger partial charge in [0.05, 0.1) is 12.7 Å². The maximum Gasteiger partial charge on any atom is 0.0624 e. The van der Waals surface area contributed by atoms with Gasteiger partial charge in [-0.15, -0.1) is 0 Å². The number of aliphatic hydroxyl groups is 1. The number of ether oxygens (including phenoxy) is 1. The lowest BCUT2D eigenvalue weighted by atomic mass is 9.91. The molecule has 0 radical (unpaired) electrons. The van der Waals surface area contributed by atoms with E-state index in [0.29, 0.717) is 11.8 Å². The van der Waals surface area contributed by atoms with Crippen molar-refractivity contribution in [3.05, 3.63) is 0 Å². The number of aliphatic hydroxyl groups excluding tert-OH is 1. The van der Waals surface area contributed by atoms with Gasteiger partial charge in [-0.1, -0.05) is 12.8 Å². The van der Waals surface area contributed by atoms with Crippen LogP contribution in [0.4, 0.5) is 0 Å². The van der Waals surface area contributed by atoms with Crippen LogP contribution in [0.5, 0.6) is 0 Å². The number of hydrogen-bond acceptors (Lipinski definition) is 2. The van der Waals surface area contributed by atoms with E-state index in [4.69, 9.17) is 4.74 Å². The van der Waals surface area contributed by atoms with E-state index in [1.807, 2.05) is 0 Å². The molecular formula is C13H22O2. The minimum absolute atomic E-state index is 0.0570. The largest absolute Gasteiger partial charge is 0.392 e. The van der Waals surface area contributed by atoms with E-state index in [1.54, 1.807) is 0 Å².